The number of rotatable bonds is 10. The summed E-state index contributed by atoms with van der Waals surface area (Å²) in [6.45, 7) is 2.82. The fourth-order valence-corrected chi connectivity index (χ4v) is 3.43. The molecule has 32 heavy (non-hydrogen) atoms. The van der Waals surface area contributed by atoms with E-state index in [1.165, 1.54) is 6.92 Å². The first kappa shape index (κ1) is 23.6. The van der Waals surface area contributed by atoms with Crippen LogP contribution in [0, 0.1) is 0 Å². The zero-order valence-corrected chi connectivity index (χ0v) is 18.7. The van der Waals surface area contributed by atoms with Gasteiger partial charge in [0, 0.05) is 25.0 Å². The molecule has 7 heteroatoms. The monoisotopic (exact) mass is 455 g/mol. The molecule has 1 N–H and O–H groups in total. The summed E-state index contributed by atoms with van der Waals surface area (Å²) in [6, 6.07) is 20.1. The van der Waals surface area contributed by atoms with E-state index in [4.69, 9.17) is 16.3 Å². The number of nitrogens with one attached hydrogen (secondary N) is 1. The van der Waals surface area contributed by atoms with Crippen LogP contribution in [0.2, 0.25) is 5.02 Å². The molecule has 0 bridgehead atoms. The second-order valence-electron chi connectivity index (χ2n) is 7.34. The van der Waals surface area contributed by atoms with Crippen LogP contribution in [0.25, 0.3) is 10.8 Å². The number of hydrogen-bond acceptors (Lipinski definition) is 6. The maximum Gasteiger partial charge on any atom is 0.356 e. The van der Waals surface area contributed by atoms with E-state index in [0.717, 1.165) is 45.5 Å². The van der Waals surface area contributed by atoms with Gasteiger partial charge in [-0.25, -0.2) is 19.4 Å². The molecule has 0 aliphatic rings. The van der Waals surface area contributed by atoms with Crippen LogP contribution in [-0.4, -0.2) is 25.1 Å². The normalized spacial score (nSPS) is 10.7. The summed E-state index contributed by atoms with van der Waals surface area (Å²) in [4.78, 5) is 30.5. The second kappa shape index (κ2) is 12.1. The Morgan fingerprint density at radius 3 is 2.56 bits per heavy atom. The molecule has 0 fully saturated rings. The first-order valence-electron chi connectivity index (χ1n) is 10.5. The molecule has 6 nitrogen and oxygen atoms in total. The number of hydrogen-bond donors (Lipinski definition) is 1. The molecule has 0 saturated heterocycles. The molecule has 0 aromatic heterocycles. The van der Waals surface area contributed by atoms with Gasteiger partial charge in [0.25, 0.3) is 0 Å². The minimum Gasteiger partial charge on any atom is -0.494 e. The Kier molecular flexibility index (Phi) is 8.90. The van der Waals surface area contributed by atoms with E-state index in [1.54, 1.807) is 0 Å². The number of carbonyl (C=O) groups excluding carboxylic acids is 2. The largest absolute Gasteiger partial charge is 0.494 e. The predicted octanol–water partition coefficient (Wildman–Crippen LogP) is 5.01. The molecule has 3 rings (SSSR count). The molecule has 0 aliphatic heterocycles. The summed E-state index contributed by atoms with van der Waals surface area (Å²) in [7, 11) is 0. The van der Waals surface area contributed by atoms with E-state index < -0.39 is 11.9 Å². The fraction of sp³-hybridized carbons (Fsp3) is 0.280. The summed E-state index contributed by atoms with van der Waals surface area (Å²) in [6.07, 6.45) is 1.88. The van der Waals surface area contributed by atoms with Crippen molar-refractivity contribution in [1.29, 1.82) is 0 Å². The third kappa shape index (κ3) is 7.55. The molecule has 0 atom stereocenters. The van der Waals surface area contributed by atoms with Crippen molar-refractivity contribution >= 4 is 34.3 Å². The quantitative estimate of drug-likeness (QED) is 0.263. The van der Waals surface area contributed by atoms with Crippen molar-refractivity contribution in [1.82, 2.24) is 5.32 Å². The number of benzene rings is 3. The van der Waals surface area contributed by atoms with E-state index in [9.17, 15) is 9.59 Å². The van der Waals surface area contributed by atoms with Crippen molar-refractivity contribution in [3.8, 4) is 5.75 Å². The number of aryl methyl sites for hydroxylation is 1. The molecule has 0 saturated carbocycles. The molecule has 0 unspecified atom stereocenters. The minimum atomic E-state index is -0.659. The average molecular weight is 456 g/mol. The minimum absolute atomic E-state index is 0.109. The molecule has 3 aromatic rings. The van der Waals surface area contributed by atoms with Crippen LogP contribution in [-0.2, 0) is 32.3 Å². The highest BCUT2D eigenvalue weighted by molar-refractivity contribution is 6.31. The van der Waals surface area contributed by atoms with Gasteiger partial charge in [0.15, 0.2) is 0 Å². The lowest BCUT2D eigenvalue weighted by Gasteiger charge is -2.09. The Labute approximate surface area is 192 Å². The van der Waals surface area contributed by atoms with Gasteiger partial charge >= 0.3 is 11.9 Å². The van der Waals surface area contributed by atoms with Crippen LogP contribution in [0.5, 0.6) is 5.75 Å². The number of fused-ring (bicyclic) bond motifs is 1. The molecular weight excluding hydrogens is 430 g/mol. The smallest absolute Gasteiger partial charge is 0.356 e. The van der Waals surface area contributed by atoms with E-state index in [0.29, 0.717) is 19.7 Å². The number of ether oxygens (including phenoxy) is 1. The van der Waals surface area contributed by atoms with E-state index in [1.807, 2.05) is 48.5 Å². The third-order valence-corrected chi connectivity index (χ3v) is 5.15. The SMILES string of the molecule is CC(=O)OOC(=O)CCNCc1ccc2cc(OCCCc3ccccc3Cl)ccc2c1. The Morgan fingerprint density at radius 2 is 1.75 bits per heavy atom. The van der Waals surface area contributed by atoms with Crippen molar-refractivity contribution in [2.75, 3.05) is 13.2 Å². The number of halogens is 1. The lowest BCUT2D eigenvalue weighted by atomic mass is 10.1. The molecular formula is C25H26ClNO5. The Morgan fingerprint density at radius 1 is 0.969 bits per heavy atom. The first-order chi connectivity index (χ1) is 15.5. The van der Waals surface area contributed by atoms with Crippen LogP contribution < -0.4 is 10.1 Å². The molecule has 0 radical (unpaired) electrons. The average Bonchev–Trinajstić information content (AvgIpc) is 2.79. The van der Waals surface area contributed by atoms with Gasteiger partial charge in [0.2, 0.25) is 0 Å². The van der Waals surface area contributed by atoms with Crippen LogP contribution in [0.1, 0.15) is 30.9 Å². The van der Waals surface area contributed by atoms with Crippen molar-refractivity contribution in [3.05, 3.63) is 76.8 Å². The topological polar surface area (TPSA) is 73.9 Å². The van der Waals surface area contributed by atoms with Gasteiger partial charge in [-0.2, -0.15) is 0 Å². The highest BCUT2D eigenvalue weighted by Crippen LogP contribution is 2.23. The summed E-state index contributed by atoms with van der Waals surface area (Å²) in [5.74, 6) is -0.410. The maximum absolute atomic E-state index is 11.4. The summed E-state index contributed by atoms with van der Waals surface area (Å²) < 4.78 is 5.91. The van der Waals surface area contributed by atoms with Gasteiger partial charge in [-0.1, -0.05) is 48.0 Å². The van der Waals surface area contributed by atoms with Crippen LogP contribution in [0.3, 0.4) is 0 Å². The van der Waals surface area contributed by atoms with Crippen LogP contribution in [0.4, 0.5) is 0 Å². The first-order valence-corrected chi connectivity index (χ1v) is 10.9. The van der Waals surface area contributed by atoms with E-state index in [2.05, 4.69) is 27.2 Å². The molecule has 0 heterocycles. The van der Waals surface area contributed by atoms with Crippen molar-refractivity contribution < 1.29 is 24.1 Å². The van der Waals surface area contributed by atoms with E-state index >= 15 is 0 Å². The summed E-state index contributed by atoms with van der Waals surface area (Å²) in [5.41, 5.74) is 2.23. The Hall–Kier alpha value is -3.09. The van der Waals surface area contributed by atoms with E-state index in [-0.39, 0.29) is 6.42 Å². The van der Waals surface area contributed by atoms with Gasteiger partial charge < -0.3 is 10.1 Å². The molecule has 0 spiro atoms. The predicted molar refractivity (Wildman–Crippen MR) is 123 cm³/mol. The Balaban J connectivity index is 1.43. The maximum atomic E-state index is 11.4. The lowest BCUT2D eigenvalue weighted by Crippen LogP contribution is -2.19. The van der Waals surface area contributed by atoms with Gasteiger partial charge in [-0.05, 0) is 59.0 Å². The summed E-state index contributed by atoms with van der Waals surface area (Å²) >= 11 is 6.19. The van der Waals surface area contributed by atoms with Crippen LogP contribution >= 0.6 is 11.6 Å². The Bertz CT molecular complexity index is 1070. The van der Waals surface area contributed by atoms with Crippen molar-refractivity contribution in [2.24, 2.45) is 0 Å². The molecule has 3 aromatic carbocycles. The summed E-state index contributed by atoms with van der Waals surface area (Å²) in [5, 5.41) is 6.18. The van der Waals surface area contributed by atoms with Crippen molar-refractivity contribution in [2.45, 2.75) is 32.7 Å². The number of carbonyl (C=O) groups is 2. The molecule has 168 valence electrons. The van der Waals surface area contributed by atoms with Crippen molar-refractivity contribution in [3.63, 3.8) is 0 Å². The highest BCUT2D eigenvalue weighted by Gasteiger charge is 2.06. The standard InChI is InChI=1S/C25H26ClNO5/c1-18(28)31-32-25(29)12-13-27-17-19-8-9-22-16-23(11-10-21(22)15-19)30-14-4-6-20-5-2-3-7-24(20)26/h2-3,5,7-11,15-16,27H,4,6,12-14,17H2,1H3. The third-order valence-electron chi connectivity index (χ3n) is 4.78. The van der Waals surface area contributed by atoms with Gasteiger partial charge in [0.05, 0.1) is 13.0 Å². The highest BCUT2D eigenvalue weighted by atomic mass is 35.5. The van der Waals surface area contributed by atoms with Crippen LogP contribution in [0.15, 0.2) is 60.7 Å². The molecule has 0 amide bonds. The lowest BCUT2D eigenvalue weighted by molar-refractivity contribution is -0.257. The van der Waals surface area contributed by atoms with Gasteiger partial charge in [-0.15, -0.1) is 0 Å². The van der Waals surface area contributed by atoms with Gasteiger partial charge in [0.1, 0.15) is 5.75 Å². The zero-order chi connectivity index (χ0) is 22.8. The van der Waals surface area contributed by atoms with Gasteiger partial charge in [-0.3, -0.25) is 0 Å². The molecule has 0 aliphatic carbocycles. The fourth-order valence-electron chi connectivity index (χ4n) is 3.20. The zero-order valence-electron chi connectivity index (χ0n) is 17.9. The second-order valence-corrected chi connectivity index (χ2v) is 7.75.